The summed E-state index contributed by atoms with van der Waals surface area (Å²) in [5, 5.41) is 34.3. The average molecular weight is 574 g/mol. The maximum absolute atomic E-state index is 11.3. The molecule has 0 radical (unpaired) electrons. The fourth-order valence-electron chi connectivity index (χ4n) is 3.47. The van der Waals surface area contributed by atoms with Gasteiger partial charge in [-0.2, -0.15) is 0 Å². The van der Waals surface area contributed by atoms with Crippen molar-refractivity contribution in [3.8, 4) is 5.75 Å². The minimum Gasteiger partial charge on any atom is -0.494 e. The van der Waals surface area contributed by atoms with Crippen LogP contribution in [-0.2, 0) is 30.5 Å². The van der Waals surface area contributed by atoms with Crippen molar-refractivity contribution < 1.29 is 49.1 Å². The first-order chi connectivity index (χ1) is 19.5. The molecule has 222 valence electrons. The second-order valence-electron chi connectivity index (χ2n) is 8.66. The maximum Gasteiger partial charge on any atom is 0.328 e. The summed E-state index contributed by atoms with van der Waals surface area (Å²) in [7, 11) is 0. The summed E-state index contributed by atoms with van der Waals surface area (Å²) < 4.78 is 5.86. The van der Waals surface area contributed by atoms with E-state index in [1.165, 1.54) is 37.9 Å². The third kappa shape index (κ3) is 19.0. The molecule has 2 aliphatic rings. The number of nitrogens with zero attached hydrogens (tertiary/aromatic N) is 2. The molecule has 41 heavy (non-hydrogen) atoms. The Kier molecular flexibility index (Phi) is 16.8. The minimum absolute atomic E-state index is 0.0965. The number of aliphatic carboxylic acids is 4. The summed E-state index contributed by atoms with van der Waals surface area (Å²) in [4.78, 5) is 56.4. The zero-order chi connectivity index (χ0) is 30.5. The van der Waals surface area contributed by atoms with E-state index in [1.54, 1.807) is 12.3 Å². The molecule has 0 aromatic heterocycles. The van der Waals surface area contributed by atoms with Crippen LogP contribution in [0.25, 0.3) is 0 Å². The van der Waals surface area contributed by atoms with E-state index in [-0.39, 0.29) is 5.78 Å². The molecular weight excluding hydrogens is 538 g/mol. The van der Waals surface area contributed by atoms with Crippen LogP contribution in [0.15, 0.2) is 65.8 Å². The zero-order valence-electron chi connectivity index (χ0n) is 22.5. The van der Waals surface area contributed by atoms with Crippen LogP contribution in [0, 0.1) is 0 Å². The van der Waals surface area contributed by atoms with Gasteiger partial charge in [0, 0.05) is 50.0 Å². The van der Waals surface area contributed by atoms with E-state index in [0.717, 1.165) is 24.6 Å². The number of hydrogen-bond acceptors (Lipinski definition) is 8. The number of amidine groups is 1. The predicted molar refractivity (Wildman–Crippen MR) is 149 cm³/mol. The Morgan fingerprint density at radius 2 is 1.49 bits per heavy atom. The lowest BCUT2D eigenvalue weighted by atomic mass is 10.1. The Labute approximate surface area is 237 Å². The molecule has 2 aliphatic heterocycles. The molecule has 13 nitrogen and oxygen atoms in total. The predicted octanol–water partition coefficient (Wildman–Crippen LogP) is 2.34. The number of nitrogens with one attached hydrogen (secondary N) is 1. The van der Waals surface area contributed by atoms with Crippen molar-refractivity contribution in [2.75, 3.05) is 26.2 Å². The van der Waals surface area contributed by atoms with Crippen molar-refractivity contribution >= 4 is 35.5 Å². The number of aliphatic imine (C=N–C) groups is 1. The normalized spacial score (nSPS) is 15.8. The largest absolute Gasteiger partial charge is 0.494 e. The Bertz CT molecular complexity index is 1090. The summed E-state index contributed by atoms with van der Waals surface area (Å²) in [5.41, 5.74) is 1.32. The summed E-state index contributed by atoms with van der Waals surface area (Å²) in [6, 6.07) is 8.40. The van der Waals surface area contributed by atoms with Gasteiger partial charge in [0.15, 0.2) is 5.78 Å². The summed E-state index contributed by atoms with van der Waals surface area (Å²) >= 11 is 0. The fraction of sp³-hybridized carbons (Fsp3) is 0.357. The smallest absolute Gasteiger partial charge is 0.328 e. The third-order valence-electron chi connectivity index (χ3n) is 5.22. The first-order valence-electron chi connectivity index (χ1n) is 12.8. The highest BCUT2D eigenvalue weighted by Gasteiger charge is 2.11. The minimum atomic E-state index is -1.26. The molecule has 0 unspecified atom stereocenters. The van der Waals surface area contributed by atoms with Gasteiger partial charge in [0.1, 0.15) is 11.6 Å². The van der Waals surface area contributed by atoms with E-state index >= 15 is 0 Å². The number of carboxylic acids is 4. The SMILES string of the molecule is O=C(O)/C=C\C(=O)O.O=C(O)/C=C\C(=O)O.O=C1C=CNC(=NCCCOc2cccc(CN3CCCCC3)c2)C1. The van der Waals surface area contributed by atoms with E-state index in [0.29, 0.717) is 43.9 Å². The standard InChI is InChI=1S/C20H27N3O2.2C4H4O4/c24-18-8-10-22-20(15-18)21-9-5-13-25-19-7-4-6-17(14-19)16-23-11-2-1-3-12-23;2*5-3(6)1-2-4(7)8/h4,6-8,10,14H,1-3,5,9,11-13,15-16H2,(H,21,22);2*1-2H,(H,5,6)(H,7,8)/b;2*2-1-. The number of piperidine rings is 1. The molecule has 5 N–H and O–H groups in total. The lowest BCUT2D eigenvalue weighted by molar-refractivity contribution is -0.134. The topological polar surface area (TPSA) is 203 Å². The van der Waals surface area contributed by atoms with Gasteiger partial charge in [0.2, 0.25) is 0 Å². The van der Waals surface area contributed by atoms with E-state index in [2.05, 4.69) is 33.4 Å². The molecule has 1 saturated heterocycles. The van der Waals surface area contributed by atoms with Gasteiger partial charge in [0.25, 0.3) is 0 Å². The number of carboxylic acid groups (broad SMARTS) is 4. The molecule has 0 bridgehead atoms. The van der Waals surface area contributed by atoms with Crippen molar-refractivity contribution in [3.05, 3.63) is 66.4 Å². The molecule has 1 aromatic rings. The van der Waals surface area contributed by atoms with Crippen LogP contribution in [0.2, 0.25) is 0 Å². The summed E-state index contributed by atoms with van der Waals surface area (Å²) in [6.07, 6.45) is 10.6. The quantitative estimate of drug-likeness (QED) is 0.191. The molecule has 0 spiro atoms. The van der Waals surface area contributed by atoms with Crippen LogP contribution in [-0.4, -0.2) is 87.1 Å². The van der Waals surface area contributed by atoms with Crippen LogP contribution in [0.1, 0.15) is 37.7 Å². The lowest BCUT2D eigenvalue weighted by Crippen LogP contribution is -2.29. The van der Waals surface area contributed by atoms with Crippen molar-refractivity contribution in [1.82, 2.24) is 10.2 Å². The highest BCUT2D eigenvalue weighted by molar-refractivity contribution is 6.08. The molecule has 3 rings (SSSR count). The molecule has 2 heterocycles. The molecular formula is C28H35N3O10. The van der Waals surface area contributed by atoms with Crippen molar-refractivity contribution in [1.29, 1.82) is 0 Å². The molecule has 13 heteroatoms. The number of benzene rings is 1. The van der Waals surface area contributed by atoms with Gasteiger partial charge in [-0.3, -0.25) is 14.7 Å². The van der Waals surface area contributed by atoms with Gasteiger partial charge in [-0.1, -0.05) is 18.6 Å². The van der Waals surface area contributed by atoms with E-state index in [9.17, 15) is 24.0 Å². The molecule has 0 amide bonds. The number of ether oxygens (including phenoxy) is 1. The highest BCUT2D eigenvalue weighted by atomic mass is 16.5. The first-order valence-corrected chi connectivity index (χ1v) is 12.8. The Morgan fingerprint density at radius 1 is 0.902 bits per heavy atom. The van der Waals surface area contributed by atoms with Crippen molar-refractivity contribution in [2.45, 2.75) is 38.6 Å². The second kappa shape index (κ2) is 20.2. The first kappa shape index (κ1) is 34.2. The molecule has 0 saturated carbocycles. The van der Waals surface area contributed by atoms with E-state index in [1.807, 2.05) is 6.07 Å². The number of hydrogen-bond donors (Lipinski definition) is 5. The summed E-state index contributed by atoms with van der Waals surface area (Å²) in [5.74, 6) is -3.26. The van der Waals surface area contributed by atoms with Gasteiger partial charge in [0.05, 0.1) is 13.0 Å². The number of ketones is 1. The van der Waals surface area contributed by atoms with Gasteiger partial charge < -0.3 is 30.5 Å². The maximum atomic E-state index is 11.3. The second-order valence-corrected chi connectivity index (χ2v) is 8.66. The molecule has 1 aromatic carbocycles. The zero-order valence-corrected chi connectivity index (χ0v) is 22.5. The van der Waals surface area contributed by atoms with Crippen LogP contribution in [0.3, 0.4) is 0 Å². The van der Waals surface area contributed by atoms with Crippen molar-refractivity contribution in [2.24, 2.45) is 4.99 Å². The van der Waals surface area contributed by atoms with Crippen LogP contribution in [0.4, 0.5) is 0 Å². The van der Waals surface area contributed by atoms with Crippen LogP contribution >= 0.6 is 0 Å². The Balaban J connectivity index is 0.000000433. The van der Waals surface area contributed by atoms with Crippen LogP contribution < -0.4 is 10.1 Å². The number of likely N-dealkylation sites (tertiary alicyclic amines) is 1. The number of allylic oxidation sites excluding steroid dienone is 1. The van der Waals surface area contributed by atoms with Gasteiger partial charge >= 0.3 is 23.9 Å². The van der Waals surface area contributed by atoms with Gasteiger partial charge in [-0.05, 0) is 49.7 Å². The number of carbonyl (C=O) groups excluding carboxylic acids is 1. The highest BCUT2D eigenvalue weighted by Crippen LogP contribution is 2.17. The van der Waals surface area contributed by atoms with E-state index < -0.39 is 23.9 Å². The Morgan fingerprint density at radius 3 is 2.02 bits per heavy atom. The molecule has 1 fully saturated rings. The summed E-state index contributed by atoms with van der Waals surface area (Å²) in [6.45, 7) is 4.72. The number of rotatable bonds is 11. The lowest BCUT2D eigenvalue weighted by Gasteiger charge is -2.26. The van der Waals surface area contributed by atoms with Gasteiger partial charge in [-0.25, -0.2) is 19.2 Å². The molecule has 0 atom stereocenters. The third-order valence-corrected chi connectivity index (χ3v) is 5.22. The van der Waals surface area contributed by atoms with E-state index in [4.69, 9.17) is 25.2 Å². The monoisotopic (exact) mass is 573 g/mol. The van der Waals surface area contributed by atoms with Crippen molar-refractivity contribution in [3.63, 3.8) is 0 Å². The number of carbonyl (C=O) groups is 5. The average Bonchev–Trinajstić information content (AvgIpc) is 2.92. The van der Waals surface area contributed by atoms with Crippen LogP contribution in [0.5, 0.6) is 5.75 Å². The van der Waals surface area contributed by atoms with Gasteiger partial charge in [-0.15, -0.1) is 0 Å². The molecule has 0 aliphatic carbocycles. The fourth-order valence-corrected chi connectivity index (χ4v) is 3.47. The Hall–Kier alpha value is -4.78.